The molecular weight excluding hydrogens is 406 g/mol. The zero-order chi connectivity index (χ0) is 25.4. The Balaban J connectivity index is 6.57. The van der Waals surface area contributed by atoms with Crippen molar-refractivity contribution >= 4 is 0 Å². The van der Waals surface area contributed by atoms with Gasteiger partial charge in [0.1, 0.15) is 0 Å². The van der Waals surface area contributed by atoms with E-state index in [0.29, 0.717) is 18.5 Å². The number of terminal acetylenes is 1. The van der Waals surface area contributed by atoms with Crippen LogP contribution in [0.5, 0.6) is 0 Å². The molecule has 3 unspecified atom stereocenters. The van der Waals surface area contributed by atoms with E-state index < -0.39 is 0 Å². The zero-order valence-electron chi connectivity index (χ0n) is 23.4. The molecule has 3 atom stereocenters. The predicted octanol–water partition coefficient (Wildman–Crippen LogP) is 6.44. The summed E-state index contributed by atoms with van der Waals surface area (Å²) < 4.78 is 0. The second-order valence-electron chi connectivity index (χ2n) is 9.83. The highest BCUT2D eigenvalue weighted by atomic mass is 16.0. The zero-order valence-corrected chi connectivity index (χ0v) is 23.4. The van der Waals surface area contributed by atoms with Crippen LogP contribution >= 0.6 is 0 Å². The summed E-state index contributed by atoms with van der Waals surface area (Å²) >= 11 is 0. The minimum absolute atomic E-state index is 0.181. The molecule has 0 bridgehead atoms. The quantitative estimate of drug-likeness (QED) is 0.166. The Morgan fingerprint density at radius 2 is 1.61 bits per heavy atom. The van der Waals surface area contributed by atoms with E-state index >= 15 is 0 Å². The molecule has 33 heavy (non-hydrogen) atoms. The van der Waals surface area contributed by atoms with Crippen LogP contribution in [0.4, 0.5) is 0 Å². The first-order valence-electron chi connectivity index (χ1n) is 13.7. The topological polar surface area (TPSA) is 39.0 Å². The van der Waals surface area contributed by atoms with Crippen LogP contribution in [-0.2, 0) is 0 Å². The minimum Gasteiger partial charge on any atom is -0.328 e. The third kappa shape index (κ3) is 10.8. The molecule has 0 saturated carbocycles. The molecule has 0 heterocycles. The number of nitrogens with two attached hydrogens (primary N) is 1. The first-order chi connectivity index (χ1) is 15.7. The maximum absolute atomic E-state index is 6.67. The van der Waals surface area contributed by atoms with Crippen LogP contribution in [0, 0.1) is 18.3 Å². The van der Waals surface area contributed by atoms with E-state index in [-0.39, 0.29) is 12.1 Å². The molecule has 0 aromatic rings. The lowest BCUT2D eigenvalue weighted by Crippen LogP contribution is -2.65. The smallest absolute Gasteiger partial charge is 0.0777 e. The molecule has 0 fully saturated rings. The van der Waals surface area contributed by atoms with Crippen LogP contribution in [0.1, 0.15) is 113 Å². The monoisotopic (exact) mass is 463 g/mol. The summed E-state index contributed by atoms with van der Waals surface area (Å²) in [6, 6.07) is 0.803. The van der Waals surface area contributed by atoms with Crippen molar-refractivity contribution in [1.29, 1.82) is 0 Å². The van der Waals surface area contributed by atoms with E-state index in [1.165, 1.54) is 12.8 Å². The first kappa shape index (κ1) is 31.9. The van der Waals surface area contributed by atoms with Gasteiger partial charge >= 0.3 is 0 Å². The van der Waals surface area contributed by atoms with Crippen LogP contribution in [-0.4, -0.2) is 58.5 Å². The third-order valence-electron chi connectivity index (χ3n) is 6.63. The normalized spacial score (nSPS) is 14.7. The number of allylic oxidation sites excluding steroid dienone is 1. The number of hydrogen-bond acceptors (Lipinski definition) is 5. The summed E-state index contributed by atoms with van der Waals surface area (Å²) in [6.45, 7) is 21.8. The summed E-state index contributed by atoms with van der Waals surface area (Å²) in [6.07, 6.45) is 16.9. The van der Waals surface area contributed by atoms with Gasteiger partial charge in [0.05, 0.1) is 6.54 Å². The molecule has 0 aliphatic heterocycles. The van der Waals surface area contributed by atoms with Gasteiger partial charge in [0, 0.05) is 37.4 Å². The van der Waals surface area contributed by atoms with Gasteiger partial charge in [0.15, 0.2) is 0 Å². The summed E-state index contributed by atoms with van der Waals surface area (Å²) in [5.41, 5.74) is 7.78. The molecule has 0 aromatic carbocycles. The van der Waals surface area contributed by atoms with Crippen LogP contribution in [0.15, 0.2) is 12.3 Å². The van der Waals surface area contributed by atoms with E-state index in [0.717, 1.165) is 63.6 Å². The van der Waals surface area contributed by atoms with Crippen LogP contribution in [0.3, 0.4) is 0 Å². The van der Waals surface area contributed by atoms with Crippen molar-refractivity contribution in [1.82, 2.24) is 20.3 Å². The van der Waals surface area contributed by atoms with Gasteiger partial charge in [-0.15, -0.1) is 6.42 Å². The Hall–Kier alpha value is -1.06. The lowest BCUT2D eigenvalue weighted by Gasteiger charge is -2.52. The Bertz CT molecular complexity index is 541. The average molecular weight is 464 g/mol. The molecule has 0 rings (SSSR count). The highest BCUT2D eigenvalue weighted by molar-refractivity contribution is 4.95. The second-order valence-corrected chi connectivity index (χ2v) is 9.83. The molecule has 2 N–H and O–H groups in total. The van der Waals surface area contributed by atoms with Gasteiger partial charge in [-0.1, -0.05) is 84.4 Å². The molecule has 5 nitrogen and oxygen atoms in total. The number of rotatable bonds is 20. The fraction of sp³-hybridized carbons (Fsp3) is 0.857. The molecule has 0 spiro atoms. The Morgan fingerprint density at radius 3 is 2.06 bits per heavy atom. The van der Waals surface area contributed by atoms with Gasteiger partial charge < -0.3 is 5.73 Å². The van der Waals surface area contributed by atoms with Crippen molar-refractivity contribution in [3.8, 4) is 12.3 Å². The lowest BCUT2D eigenvalue weighted by molar-refractivity contribution is -0.313. The first-order valence-corrected chi connectivity index (χ1v) is 13.7. The highest BCUT2D eigenvalue weighted by Crippen LogP contribution is 2.29. The lowest BCUT2D eigenvalue weighted by atomic mass is 9.86. The van der Waals surface area contributed by atoms with Crippen molar-refractivity contribution in [3.05, 3.63) is 12.3 Å². The SMILES string of the molecule is C#CCN(C(CC(N)CCC)C(CC)CCC)N(N(C)C(=C)CCC)N(CCCC)C(C)C. The summed E-state index contributed by atoms with van der Waals surface area (Å²) in [5.74, 6) is 3.53. The Kier molecular flexibility index (Phi) is 17.7. The molecule has 0 radical (unpaired) electrons. The largest absolute Gasteiger partial charge is 0.328 e. The molecule has 0 saturated heterocycles. The van der Waals surface area contributed by atoms with Gasteiger partial charge in [-0.25, -0.2) is 5.01 Å². The molecular formula is C28H57N5. The standard InChI is InChI=1S/C28H57N5/c1-11-17-22-31(24(7)8)33(30(10)25(9)18-12-2)32(21-15-5)28(23-27(29)20-14-4)26(16-6)19-13-3/h5,24,26-28H,9,11-14,16-23,29H2,1-4,6-8,10H3. The molecule has 194 valence electrons. The fourth-order valence-corrected chi connectivity index (χ4v) is 4.75. The van der Waals surface area contributed by atoms with Crippen molar-refractivity contribution in [2.75, 3.05) is 20.1 Å². The van der Waals surface area contributed by atoms with Crippen molar-refractivity contribution in [2.24, 2.45) is 11.7 Å². The molecule has 0 amide bonds. The molecule has 0 aliphatic carbocycles. The number of hydrazine groups is 3. The number of nitrogens with zero attached hydrogens (tertiary/aromatic N) is 4. The van der Waals surface area contributed by atoms with Crippen molar-refractivity contribution in [3.63, 3.8) is 0 Å². The van der Waals surface area contributed by atoms with Gasteiger partial charge in [-0.3, -0.25) is 5.01 Å². The number of hydrogen-bond donors (Lipinski definition) is 1. The molecule has 5 heteroatoms. The van der Waals surface area contributed by atoms with Gasteiger partial charge in [0.25, 0.3) is 0 Å². The van der Waals surface area contributed by atoms with Crippen molar-refractivity contribution < 1.29 is 0 Å². The molecule has 0 aromatic heterocycles. The maximum Gasteiger partial charge on any atom is 0.0777 e. The summed E-state index contributed by atoms with van der Waals surface area (Å²) in [4.78, 5) is 0. The van der Waals surface area contributed by atoms with Crippen molar-refractivity contribution in [2.45, 2.75) is 131 Å². The second kappa shape index (κ2) is 18.3. The Morgan fingerprint density at radius 1 is 0.970 bits per heavy atom. The van der Waals surface area contributed by atoms with Gasteiger partial charge in [-0.05, 0) is 51.9 Å². The summed E-state index contributed by atoms with van der Waals surface area (Å²) in [5, 5.41) is 9.50. The fourth-order valence-electron chi connectivity index (χ4n) is 4.75. The van der Waals surface area contributed by atoms with E-state index in [9.17, 15) is 0 Å². The van der Waals surface area contributed by atoms with E-state index in [2.05, 4.69) is 88.3 Å². The van der Waals surface area contributed by atoms with E-state index in [1.54, 1.807) is 0 Å². The maximum atomic E-state index is 6.67. The van der Waals surface area contributed by atoms with E-state index in [1.807, 2.05) is 0 Å². The van der Waals surface area contributed by atoms with Gasteiger partial charge in [-0.2, -0.15) is 5.01 Å². The third-order valence-corrected chi connectivity index (χ3v) is 6.63. The van der Waals surface area contributed by atoms with Crippen LogP contribution in [0.2, 0.25) is 0 Å². The predicted molar refractivity (Wildman–Crippen MR) is 146 cm³/mol. The van der Waals surface area contributed by atoms with Crippen LogP contribution < -0.4 is 5.73 Å². The molecule has 0 aliphatic rings. The Labute approximate surface area is 207 Å². The van der Waals surface area contributed by atoms with E-state index in [4.69, 9.17) is 12.2 Å². The summed E-state index contributed by atoms with van der Waals surface area (Å²) in [7, 11) is 2.15. The minimum atomic E-state index is 0.181. The highest BCUT2D eigenvalue weighted by Gasteiger charge is 2.36. The number of unbranched alkanes of at least 4 members (excludes halogenated alkanes) is 1. The average Bonchev–Trinajstić information content (AvgIpc) is 2.77. The van der Waals surface area contributed by atoms with Gasteiger partial charge in [0.2, 0.25) is 0 Å². The van der Waals surface area contributed by atoms with Crippen LogP contribution in [0.25, 0.3) is 0 Å².